The molecule has 152 valence electrons. The third kappa shape index (κ3) is 5.77. The van der Waals surface area contributed by atoms with Gasteiger partial charge in [0.25, 0.3) is 0 Å². The van der Waals surface area contributed by atoms with Gasteiger partial charge in [-0.25, -0.2) is 4.98 Å². The lowest BCUT2D eigenvalue weighted by Gasteiger charge is -2.22. The van der Waals surface area contributed by atoms with Crippen molar-refractivity contribution in [1.29, 1.82) is 0 Å². The number of piperidine rings is 1. The molecule has 3 rings (SSSR count). The van der Waals surface area contributed by atoms with E-state index >= 15 is 0 Å². The summed E-state index contributed by atoms with van der Waals surface area (Å²) in [5, 5.41) is 6.12. The average molecular weight is 423 g/mol. The Balaban J connectivity index is 0.00000182. The summed E-state index contributed by atoms with van der Waals surface area (Å²) in [4.78, 5) is 16.5. The van der Waals surface area contributed by atoms with E-state index in [4.69, 9.17) is 0 Å². The van der Waals surface area contributed by atoms with Crippen molar-refractivity contribution in [3.05, 3.63) is 30.1 Å². The molecule has 1 aromatic carbocycles. The molecule has 2 heterocycles. The lowest BCUT2D eigenvalue weighted by Crippen LogP contribution is -2.31. The van der Waals surface area contributed by atoms with Gasteiger partial charge in [-0.2, -0.15) is 8.78 Å². The zero-order valence-electron chi connectivity index (χ0n) is 15.2. The highest BCUT2D eigenvalue weighted by Crippen LogP contribution is 2.26. The predicted molar refractivity (Wildman–Crippen MR) is 107 cm³/mol. The molecule has 1 atom stereocenters. The summed E-state index contributed by atoms with van der Waals surface area (Å²) >= 11 is 0. The number of carbonyl (C=O) groups is 1. The molecule has 2 N–H and O–H groups in total. The van der Waals surface area contributed by atoms with E-state index in [0.717, 1.165) is 36.9 Å². The molecule has 5 nitrogen and oxygen atoms in total. The molecule has 0 saturated carbocycles. The quantitative estimate of drug-likeness (QED) is 0.731. The van der Waals surface area contributed by atoms with Crippen molar-refractivity contribution in [2.45, 2.75) is 45.2 Å². The summed E-state index contributed by atoms with van der Waals surface area (Å²) in [5.41, 5.74) is 0.886. The van der Waals surface area contributed by atoms with Crippen LogP contribution in [0.4, 0.5) is 8.78 Å². The van der Waals surface area contributed by atoms with Gasteiger partial charge in [0.05, 0.1) is 17.1 Å². The fourth-order valence-corrected chi connectivity index (χ4v) is 3.46. The van der Waals surface area contributed by atoms with E-state index in [2.05, 4.69) is 15.6 Å². The second-order valence-corrected chi connectivity index (χ2v) is 6.63. The van der Waals surface area contributed by atoms with Crippen molar-refractivity contribution >= 4 is 41.8 Å². The predicted octanol–water partition coefficient (Wildman–Crippen LogP) is 4.23. The summed E-state index contributed by atoms with van der Waals surface area (Å²) in [6.45, 7) is 1.00. The van der Waals surface area contributed by atoms with Crippen LogP contribution in [0.1, 0.15) is 51.0 Å². The molecule has 1 aromatic heterocycles. The van der Waals surface area contributed by atoms with Crippen LogP contribution >= 0.6 is 24.8 Å². The molecular formula is C18H26Cl2F2N4O. The number of amides is 1. The highest BCUT2D eigenvalue weighted by atomic mass is 35.5. The van der Waals surface area contributed by atoms with Crippen LogP contribution in [0.15, 0.2) is 24.3 Å². The van der Waals surface area contributed by atoms with E-state index < -0.39 is 12.6 Å². The highest BCUT2D eigenvalue weighted by Gasteiger charge is 2.23. The maximum atomic E-state index is 13.5. The summed E-state index contributed by atoms with van der Waals surface area (Å²) in [6.07, 6.45) is 3.43. The third-order valence-electron chi connectivity index (χ3n) is 4.82. The number of alkyl halides is 2. The fraction of sp³-hybridized carbons (Fsp3) is 0.556. The van der Waals surface area contributed by atoms with Crippen molar-refractivity contribution in [2.75, 3.05) is 13.1 Å². The Hall–Kier alpha value is -1.44. The number of imidazole rings is 1. The minimum Gasteiger partial charge on any atom is -0.346 e. The summed E-state index contributed by atoms with van der Waals surface area (Å²) in [5.74, 6) is 0.637. The van der Waals surface area contributed by atoms with Crippen LogP contribution in [-0.2, 0) is 4.79 Å². The van der Waals surface area contributed by atoms with E-state index in [0.29, 0.717) is 23.4 Å². The van der Waals surface area contributed by atoms with Gasteiger partial charge in [0.15, 0.2) is 0 Å². The first-order valence-corrected chi connectivity index (χ1v) is 8.81. The normalized spacial score (nSPS) is 15.9. The standard InChI is InChI=1S/C18H24F2N4O.2ClH/c1-12(22-16(25)7-6-13-8-10-21-11-9-13)17-23-14-4-2-3-5-15(14)24(17)18(19)20;;/h2-5,12-13,18,21H,6-11H2,1H3,(H,22,25);2*1H. The zero-order valence-corrected chi connectivity index (χ0v) is 16.8. The molecule has 1 fully saturated rings. The van der Waals surface area contributed by atoms with Crippen LogP contribution < -0.4 is 10.6 Å². The average Bonchev–Trinajstić information content (AvgIpc) is 3.01. The van der Waals surface area contributed by atoms with Crippen molar-refractivity contribution < 1.29 is 13.6 Å². The molecule has 0 bridgehead atoms. The Bertz CT molecular complexity index is 735. The van der Waals surface area contributed by atoms with Crippen molar-refractivity contribution in [2.24, 2.45) is 5.92 Å². The number of hydrogen-bond donors (Lipinski definition) is 2. The number of rotatable bonds is 6. The first-order valence-electron chi connectivity index (χ1n) is 8.81. The van der Waals surface area contributed by atoms with Crippen LogP contribution in [-0.4, -0.2) is 28.5 Å². The number of fused-ring (bicyclic) bond motifs is 1. The summed E-state index contributed by atoms with van der Waals surface area (Å²) in [6, 6.07) is 6.21. The van der Waals surface area contributed by atoms with Crippen LogP contribution in [0.2, 0.25) is 0 Å². The molecule has 2 aromatic rings. The second kappa shape index (κ2) is 10.8. The van der Waals surface area contributed by atoms with Gasteiger partial charge >= 0.3 is 6.55 Å². The molecule has 0 radical (unpaired) electrons. The van der Waals surface area contributed by atoms with Crippen LogP contribution in [0.3, 0.4) is 0 Å². The molecule has 1 amide bonds. The van der Waals surface area contributed by atoms with Crippen LogP contribution in [0.25, 0.3) is 11.0 Å². The fourth-order valence-electron chi connectivity index (χ4n) is 3.46. The van der Waals surface area contributed by atoms with Gasteiger partial charge in [-0.05, 0) is 57.3 Å². The maximum absolute atomic E-state index is 13.5. The first kappa shape index (κ1) is 23.6. The lowest BCUT2D eigenvalue weighted by atomic mass is 9.93. The smallest absolute Gasteiger partial charge is 0.320 e. The number of para-hydroxylation sites is 2. The number of nitrogens with one attached hydrogen (secondary N) is 2. The lowest BCUT2D eigenvalue weighted by molar-refractivity contribution is -0.122. The molecule has 27 heavy (non-hydrogen) atoms. The Morgan fingerprint density at radius 1 is 1.30 bits per heavy atom. The van der Waals surface area contributed by atoms with E-state index in [1.807, 2.05) is 0 Å². The largest absolute Gasteiger partial charge is 0.346 e. The van der Waals surface area contributed by atoms with Crippen molar-refractivity contribution in [3.63, 3.8) is 0 Å². The number of hydrogen-bond acceptors (Lipinski definition) is 3. The number of aromatic nitrogens is 2. The summed E-state index contributed by atoms with van der Waals surface area (Å²) < 4.78 is 27.9. The molecule has 9 heteroatoms. The molecular weight excluding hydrogens is 397 g/mol. The van der Waals surface area contributed by atoms with E-state index in [1.165, 1.54) is 0 Å². The van der Waals surface area contributed by atoms with Gasteiger partial charge in [-0.3, -0.25) is 9.36 Å². The van der Waals surface area contributed by atoms with Crippen molar-refractivity contribution in [3.8, 4) is 0 Å². The van der Waals surface area contributed by atoms with Crippen molar-refractivity contribution in [1.82, 2.24) is 20.2 Å². The minimum atomic E-state index is -2.70. The van der Waals surface area contributed by atoms with Gasteiger partial charge in [0.2, 0.25) is 5.91 Å². The van der Waals surface area contributed by atoms with E-state index in [-0.39, 0.29) is 36.5 Å². The molecule has 0 aliphatic carbocycles. The number of halogens is 4. The van der Waals surface area contributed by atoms with Crippen LogP contribution in [0.5, 0.6) is 0 Å². The number of benzene rings is 1. The highest BCUT2D eigenvalue weighted by molar-refractivity contribution is 5.85. The molecule has 1 unspecified atom stereocenters. The first-order chi connectivity index (χ1) is 12.1. The van der Waals surface area contributed by atoms with Crippen LogP contribution in [0, 0.1) is 5.92 Å². The monoisotopic (exact) mass is 422 g/mol. The Morgan fingerprint density at radius 2 is 1.96 bits per heavy atom. The molecule has 1 aliphatic heterocycles. The Morgan fingerprint density at radius 3 is 2.63 bits per heavy atom. The Labute approximate surface area is 170 Å². The van der Waals surface area contributed by atoms with Gasteiger partial charge in [-0.1, -0.05) is 12.1 Å². The van der Waals surface area contributed by atoms with Gasteiger partial charge in [0.1, 0.15) is 5.82 Å². The van der Waals surface area contributed by atoms with Gasteiger partial charge < -0.3 is 10.6 Å². The third-order valence-corrected chi connectivity index (χ3v) is 4.82. The molecule has 1 aliphatic rings. The zero-order chi connectivity index (χ0) is 17.8. The van der Waals surface area contributed by atoms with Gasteiger partial charge in [-0.15, -0.1) is 24.8 Å². The second-order valence-electron chi connectivity index (χ2n) is 6.63. The SMILES string of the molecule is CC(NC(=O)CCC1CCNCC1)c1nc2ccccc2n1C(F)F.Cl.Cl. The minimum absolute atomic E-state index is 0. The van der Waals surface area contributed by atoms with Gasteiger partial charge in [0, 0.05) is 6.42 Å². The maximum Gasteiger partial charge on any atom is 0.320 e. The number of nitrogens with zero attached hydrogens (tertiary/aromatic N) is 2. The Kier molecular flexibility index (Phi) is 9.42. The van der Waals surface area contributed by atoms with E-state index in [9.17, 15) is 13.6 Å². The van der Waals surface area contributed by atoms with E-state index in [1.54, 1.807) is 31.2 Å². The molecule has 0 spiro atoms. The summed E-state index contributed by atoms with van der Waals surface area (Å²) in [7, 11) is 0. The number of carbonyl (C=O) groups excluding carboxylic acids is 1. The molecule has 1 saturated heterocycles. The topological polar surface area (TPSA) is 59.0 Å².